The summed E-state index contributed by atoms with van der Waals surface area (Å²) in [5.74, 6) is 1.20. The van der Waals surface area contributed by atoms with Crippen molar-refractivity contribution in [1.82, 2.24) is 4.90 Å². The van der Waals surface area contributed by atoms with Crippen molar-refractivity contribution < 1.29 is 14.3 Å². The van der Waals surface area contributed by atoms with Crippen molar-refractivity contribution >= 4 is 50.7 Å². The molecule has 1 N–H and O–H groups in total. The minimum absolute atomic E-state index is 0.129. The third-order valence-electron chi connectivity index (χ3n) is 4.31. The molecule has 0 aromatic heterocycles. The molecule has 0 saturated carbocycles. The number of hydrogen-bond donors (Lipinski definition) is 1. The molecule has 0 atom stereocenters. The van der Waals surface area contributed by atoms with Gasteiger partial charge in [0.25, 0.3) is 5.91 Å². The summed E-state index contributed by atoms with van der Waals surface area (Å²) in [6, 6.07) is 15.1. The Bertz CT molecular complexity index is 1100. The Morgan fingerprint density at radius 1 is 1.17 bits per heavy atom. The van der Waals surface area contributed by atoms with Crippen LogP contribution in [0.4, 0.5) is 0 Å². The largest absolute Gasteiger partial charge is 0.490 e. The van der Waals surface area contributed by atoms with E-state index in [1.807, 2.05) is 61.7 Å². The number of para-hydroxylation sites is 1. The zero-order chi connectivity index (χ0) is 21.1. The maximum absolute atomic E-state index is 12.4. The van der Waals surface area contributed by atoms with Crippen molar-refractivity contribution in [2.24, 2.45) is 4.99 Å². The minimum atomic E-state index is -0.406. The number of hydrogen-bond acceptors (Lipinski definition) is 5. The lowest BCUT2D eigenvalue weighted by Crippen LogP contribution is -2.35. The van der Waals surface area contributed by atoms with Crippen molar-refractivity contribution in [1.29, 1.82) is 5.41 Å². The lowest BCUT2D eigenvalue weighted by atomic mass is 10.1. The van der Waals surface area contributed by atoms with Gasteiger partial charge in [-0.15, -0.1) is 0 Å². The monoisotopic (exact) mass is 483 g/mol. The van der Waals surface area contributed by atoms with Gasteiger partial charge in [-0.3, -0.25) is 15.1 Å². The van der Waals surface area contributed by atoms with E-state index in [1.54, 1.807) is 11.0 Å². The standard InChI is InChI=1S/C22H18BrN3O3S/c1-14-13-26-20(24)17(21(27)25-22(26)30-14)11-15-7-8-19(18(23)12-15)29-10-9-28-16-5-3-2-4-6-16/h2-8,11-13,24H,9-10H2,1H3/b17-11-,24-20?. The van der Waals surface area contributed by atoms with Gasteiger partial charge in [-0.25, -0.2) is 0 Å². The Morgan fingerprint density at radius 2 is 1.93 bits per heavy atom. The first kappa shape index (κ1) is 20.4. The van der Waals surface area contributed by atoms with Crippen molar-refractivity contribution in [2.75, 3.05) is 13.2 Å². The van der Waals surface area contributed by atoms with Crippen molar-refractivity contribution in [2.45, 2.75) is 6.92 Å². The molecule has 30 heavy (non-hydrogen) atoms. The Kier molecular flexibility index (Phi) is 6.06. The molecule has 0 radical (unpaired) electrons. The summed E-state index contributed by atoms with van der Waals surface area (Å²) in [6.07, 6.45) is 3.49. The van der Waals surface area contributed by atoms with Gasteiger partial charge in [0.15, 0.2) is 5.17 Å². The second kappa shape index (κ2) is 8.89. The lowest BCUT2D eigenvalue weighted by Gasteiger charge is -2.22. The molecule has 4 rings (SSSR count). The summed E-state index contributed by atoms with van der Waals surface area (Å²) in [4.78, 5) is 19.1. The van der Waals surface area contributed by atoms with Gasteiger partial charge >= 0.3 is 0 Å². The van der Waals surface area contributed by atoms with E-state index >= 15 is 0 Å². The van der Waals surface area contributed by atoms with Crippen LogP contribution in [0.1, 0.15) is 12.5 Å². The molecule has 2 aromatic rings. The molecule has 0 saturated heterocycles. The number of carbonyl (C=O) groups is 1. The predicted octanol–water partition coefficient (Wildman–Crippen LogP) is 5.07. The van der Waals surface area contributed by atoms with E-state index in [1.165, 1.54) is 11.8 Å². The Morgan fingerprint density at radius 3 is 2.70 bits per heavy atom. The van der Waals surface area contributed by atoms with Crippen LogP contribution in [0.2, 0.25) is 0 Å². The molecule has 6 nitrogen and oxygen atoms in total. The first-order valence-corrected chi connectivity index (χ1v) is 10.8. The van der Waals surface area contributed by atoms with Gasteiger partial charge in [-0.2, -0.15) is 4.99 Å². The fourth-order valence-electron chi connectivity index (χ4n) is 2.92. The van der Waals surface area contributed by atoms with E-state index in [0.29, 0.717) is 24.1 Å². The van der Waals surface area contributed by atoms with E-state index < -0.39 is 5.91 Å². The Balaban J connectivity index is 1.42. The molecule has 0 spiro atoms. The number of rotatable bonds is 6. The van der Waals surface area contributed by atoms with Crippen molar-refractivity contribution in [3.63, 3.8) is 0 Å². The van der Waals surface area contributed by atoms with Gasteiger partial charge < -0.3 is 9.47 Å². The SMILES string of the molecule is CC1=CN2C(=N)/C(=C/c3ccc(OCCOc4ccccc4)c(Br)c3)C(=O)N=C2S1. The number of ether oxygens (including phenoxy) is 2. The van der Waals surface area contributed by atoms with Crippen LogP contribution in [-0.2, 0) is 4.79 Å². The van der Waals surface area contributed by atoms with E-state index in [4.69, 9.17) is 14.9 Å². The molecule has 0 unspecified atom stereocenters. The number of carbonyl (C=O) groups excluding carboxylic acids is 1. The van der Waals surface area contributed by atoms with E-state index in [-0.39, 0.29) is 11.4 Å². The molecule has 0 aliphatic carbocycles. The summed E-state index contributed by atoms with van der Waals surface area (Å²) in [5, 5.41) is 8.90. The number of aliphatic imine (C=N–C) groups is 1. The van der Waals surface area contributed by atoms with Gasteiger partial charge in [-0.1, -0.05) is 36.0 Å². The van der Waals surface area contributed by atoms with Gasteiger partial charge in [0.2, 0.25) is 0 Å². The van der Waals surface area contributed by atoms with E-state index in [2.05, 4.69) is 20.9 Å². The molecule has 1 amide bonds. The van der Waals surface area contributed by atoms with Gasteiger partial charge in [0.05, 0.1) is 10.0 Å². The second-order valence-electron chi connectivity index (χ2n) is 6.52. The highest BCUT2D eigenvalue weighted by Crippen LogP contribution is 2.33. The van der Waals surface area contributed by atoms with Gasteiger partial charge in [0, 0.05) is 11.1 Å². The number of nitrogens with one attached hydrogen (secondary N) is 1. The molecule has 8 heteroatoms. The molecule has 2 heterocycles. The maximum atomic E-state index is 12.4. The average molecular weight is 484 g/mol. The number of halogens is 1. The van der Waals surface area contributed by atoms with Crippen LogP contribution in [0.25, 0.3) is 6.08 Å². The van der Waals surface area contributed by atoms with E-state index in [0.717, 1.165) is 20.7 Å². The molecule has 2 aliphatic heterocycles. The number of thioether (sulfide) groups is 1. The quantitative estimate of drug-likeness (QED) is 0.458. The maximum Gasteiger partial charge on any atom is 0.283 e. The lowest BCUT2D eigenvalue weighted by molar-refractivity contribution is -0.114. The van der Waals surface area contributed by atoms with Crippen LogP contribution in [0.15, 0.2) is 74.7 Å². The molecule has 0 bridgehead atoms. The van der Waals surface area contributed by atoms with Crippen LogP contribution in [-0.4, -0.2) is 35.0 Å². The highest BCUT2D eigenvalue weighted by Gasteiger charge is 2.32. The third kappa shape index (κ3) is 4.49. The van der Waals surface area contributed by atoms with Crippen LogP contribution in [0, 0.1) is 5.41 Å². The number of benzene rings is 2. The number of amides is 1. The van der Waals surface area contributed by atoms with Crippen LogP contribution >= 0.6 is 27.7 Å². The van der Waals surface area contributed by atoms with Gasteiger partial charge in [0.1, 0.15) is 30.5 Å². The number of allylic oxidation sites excluding steroid dienone is 1. The Hall–Kier alpha value is -2.84. The second-order valence-corrected chi connectivity index (χ2v) is 8.59. The zero-order valence-corrected chi connectivity index (χ0v) is 18.5. The highest BCUT2D eigenvalue weighted by atomic mass is 79.9. The number of amidine groups is 2. The summed E-state index contributed by atoms with van der Waals surface area (Å²) in [7, 11) is 0. The molecular formula is C22H18BrN3O3S. The van der Waals surface area contributed by atoms with Crippen LogP contribution < -0.4 is 9.47 Å². The molecule has 152 valence electrons. The van der Waals surface area contributed by atoms with Crippen LogP contribution in [0.3, 0.4) is 0 Å². The van der Waals surface area contributed by atoms with Crippen LogP contribution in [0.5, 0.6) is 11.5 Å². The number of fused-ring (bicyclic) bond motifs is 1. The third-order valence-corrected chi connectivity index (χ3v) is 5.83. The molecular weight excluding hydrogens is 466 g/mol. The average Bonchev–Trinajstić information content (AvgIpc) is 3.11. The fraction of sp³-hybridized carbons (Fsp3) is 0.136. The van der Waals surface area contributed by atoms with Gasteiger partial charge in [-0.05, 0) is 58.8 Å². The Labute approximate surface area is 186 Å². The summed E-state index contributed by atoms with van der Waals surface area (Å²) < 4.78 is 12.1. The van der Waals surface area contributed by atoms with Crippen molar-refractivity contribution in [3.05, 3.63) is 75.2 Å². The molecule has 2 aliphatic rings. The summed E-state index contributed by atoms with van der Waals surface area (Å²) in [5.41, 5.74) is 1.02. The number of nitrogens with zero attached hydrogens (tertiary/aromatic N) is 2. The highest BCUT2D eigenvalue weighted by molar-refractivity contribution is 9.10. The summed E-state index contributed by atoms with van der Waals surface area (Å²) in [6.45, 7) is 2.75. The minimum Gasteiger partial charge on any atom is -0.490 e. The fourth-order valence-corrected chi connectivity index (χ4v) is 4.25. The van der Waals surface area contributed by atoms with E-state index in [9.17, 15) is 4.79 Å². The first-order chi connectivity index (χ1) is 14.5. The topological polar surface area (TPSA) is 75.0 Å². The molecule has 0 fully saturated rings. The smallest absolute Gasteiger partial charge is 0.283 e. The normalized spacial score (nSPS) is 17.0. The molecule has 2 aromatic carbocycles. The predicted molar refractivity (Wildman–Crippen MR) is 123 cm³/mol. The first-order valence-electron chi connectivity index (χ1n) is 9.20. The summed E-state index contributed by atoms with van der Waals surface area (Å²) >= 11 is 4.90. The zero-order valence-electron chi connectivity index (χ0n) is 16.1. The van der Waals surface area contributed by atoms with Crippen molar-refractivity contribution in [3.8, 4) is 11.5 Å².